The zero-order chi connectivity index (χ0) is 30.0. The molecule has 0 bridgehead atoms. The molecule has 3 fully saturated rings. The van der Waals surface area contributed by atoms with Gasteiger partial charge in [0.2, 0.25) is 11.9 Å². The summed E-state index contributed by atoms with van der Waals surface area (Å²) in [6.45, 7) is 8.08. The monoisotopic (exact) mass is 600 g/mol. The number of rotatable bonds is 5. The number of phenols is 1. The number of hydrogen-bond acceptors (Lipinski definition) is 7. The molecular formula is C33H34ClFN6O2. The summed E-state index contributed by atoms with van der Waals surface area (Å²) in [7, 11) is 4.10. The number of hydrogen-bond donors (Lipinski definition) is 1. The van der Waals surface area contributed by atoms with Crippen molar-refractivity contribution in [2.24, 2.45) is 5.41 Å². The van der Waals surface area contributed by atoms with Crippen LogP contribution in [-0.4, -0.2) is 90.2 Å². The lowest BCUT2D eigenvalue weighted by Crippen LogP contribution is -2.61. The zero-order valence-corrected chi connectivity index (χ0v) is 25.1. The van der Waals surface area contributed by atoms with E-state index in [0.717, 1.165) is 62.9 Å². The van der Waals surface area contributed by atoms with Crippen molar-refractivity contribution in [1.29, 1.82) is 0 Å². The molecule has 7 rings (SSSR count). The Morgan fingerprint density at radius 2 is 1.81 bits per heavy atom. The van der Waals surface area contributed by atoms with Gasteiger partial charge in [-0.25, -0.2) is 9.37 Å². The molecule has 1 N–H and O–H groups in total. The lowest BCUT2D eigenvalue weighted by molar-refractivity contribution is -0.139. The largest absolute Gasteiger partial charge is 0.508 e. The smallest absolute Gasteiger partial charge is 0.245 e. The number of carbonyl (C=O) groups excluding carboxylic acids is 1. The highest BCUT2D eigenvalue weighted by atomic mass is 35.5. The van der Waals surface area contributed by atoms with Gasteiger partial charge in [-0.2, -0.15) is 4.98 Å². The minimum Gasteiger partial charge on any atom is -0.508 e. The van der Waals surface area contributed by atoms with Gasteiger partial charge in [0.15, 0.2) is 5.82 Å². The summed E-state index contributed by atoms with van der Waals surface area (Å²) in [4.78, 5) is 30.2. The number of aromatic hydroxyl groups is 1. The first-order chi connectivity index (χ1) is 20.7. The van der Waals surface area contributed by atoms with Gasteiger partial charge in [-0.15, -0.1) is 0 Å². The summed E-state index contributed by atoms with van der Waals surface area (Å²) in [5.74, 6) is 0.662. The van der Waals surface area contributed by atoms with Gasteiger partial charge in [-0.05, 0) is 67.5 Å². The van der Waals surface area contributed by atoms with Gasteiger partial charge in [0.25, 0.3) is 0 Å². The van der Waals surface area contributed by atoms with Crippen molar-refractivity contribution in [3.05, 3.63) is 66.0 Å². The number of amides is 1. The third-order valence-corrected chi connectivity index (χ3v) is 9.80. The van der Waals surface area contributed by atoms with Gasteiger partial charge in [-0.1, -0.05) is 42.4 Å². The van der Waals surface area contributed by atoms with Crippen molar-refractivity contribution in [2.45, 2.75) is 18.9 Å². The molecule has 0 saturated carbocycles. The molecule has 1 amide bonds. The number of nitrogens with zero attached hydrogens (tertiary/aromatic N) is 6. The normalized spacial score (nSPS) is 18.4. The molecule has 3 saturated heterocycles. The second kappa shape index (κ2) is 10.3. The second-order valence-electron chi connectivity index (χ2n) is 12.4. The van der Waals surface area contributed by atoms with Crippen molar-refractivity contribution in [3.8, 4) is 16.9 Å². The number of piperidine rings is 1. The van der Waals surface area contributed by atoms with Gasteiger partial charge < -0.3 is 24.7 Å². The Hall–Kier alpha value is -3.95. The molecule has 3 aliphatic rings. The van der Waals surface area contributed by atoms with E-state index >= 15 is 4.39 Å². The van der Waals surface area contributed by atoms with Gasteiger partial charge in [0, 0.05) is 61.7 Å². The molecule has 43 heavy (non-hydrogen) atoms. The van der Waals surface area contributed by atoms with E-state index in [1.807, 2.05) is 29.2 Å². The fraction of sp³-hybridized carbons (Fsp3) is 0.364. The van der Waals surface area contributed by atoms with Crippen LogP contribution in [0.4, 0.5) is 16.2 Å². The molecule has 0 radical (unpaired) electrons. The highest BCUT2D eigenvalue weighted by molar-refractivity contribution is 6.35. The van der Waals surface area contributed by atoms with Gasteiger partial charge in [0.05, 0.1) is 5.02 Å². The molecule has 3 aromatic carbocycles. The lowest BCUT2D eigenvalue weighted by atomic mass is 9.72. The Morgan fingerprint density at radius 3 is 2.51 bits per heavy atom. The van der Waals surface area contributed by atoms with Crippen LogP contribution in [0.5, 0.6) is 5.75 Å². The molecule has 4 heterocycles. The van der Waals surface area contributed by atoms with Crippen LogP contribution in [0.15, 0.2) is 55.1 Å². The first kappa shape index (κ1) is 27.9. The predicted octanol–water partition coefficient (Wildman–Crippen LogP) is 5.31. The summed E-state index contributed by atoms with van der Waals surface area (Å²) >= 11 is 6.88. The van der Waals surface area contributed by atoms with E-state index in [2.05, 4.69) is 35.4 Å². The van der Waals surface area contributed by atoms with Crippen LogP contribution >= 0.6 is 11.6 Å². The zero-order valence-electron chi connectivity index (χ0n) is 24.4. The highest BCUT2D eigenvalue weighted by Crippen LogP contribution is 2.45. The van der Waals surface area contributed by atoms with E-state index < -0.39 is 5.82 Å². The maximum absolute atomic E-state index is 16.8. The molecule has 222 valence electrons. The Bertz CT molecular complexity index is 1770. The standard InChI is InChI=1S/C33H34ClFN6O2/c1-4-27(43)41-18-33(19-41)9-11-39(12-10-33)31-25-15-26(34)28(24-14-22(42)13-20-7-5-6-8-23(20)24)29(35)30(25)36-32(37-31)40-16-21(17-40)38(2)3/h4-8,13-15,21,42H,1,9-12,16-19H2,2-3H3. The van der Waals surface area contributed by atoms with Crippen molar-refractivity contribution in [1.82, 2.24) is 19.8 Å². The summed E-state index contributed by atoms with van der Waals surface area (Å²) in [5.41, 5.74) is 1.04. The lowest BCUT2D eigenvalue weighted by Gasteiger charge is -2.54. The summed E-state index contributed by atoms with van der Waals surface area (Å²) in [6.07, 6.45) is 3.19. The number of likely N-dealkylation sites (N-methyl/N-ethyl adjacent to an activating group) is 1. The number of aromatic nitrogens is 2. The number of fused-ring (bicyclic) bond motifs is 2. The number of carbonyl (C=O) groups is 1. The van der Waals surface area contributed by atoms with Crippen LogP contribution < -0.4 is 9.80 Å². The number of phenolic OH excluding ortho intramolecular Hbond substituents is 1. The predicted molar refractivity (Wildman–Crippen MR) is 169 cm³/mol. The second-order valence-corrected chi connectivity index (χ2v) is 12.8. The summed E-state index contributed by atoms with van der Waals surface area (Å²) in [6, 6.07) is 12.9. The fourth-order valence-corrected chi connectivity index (χ4v) is 7.10. The van der Waals surface area contributed by atoms with E-state index in [1.54, 1.807) is 18.2 Å². The van der Waals surface area contributed by atoms with Crippen molar-refractivity contribution in [2.75, 3.05) is 63.2 Å². The minimum absolute atomic E-state index is 0.0227. The number of anilines is 2. The number of halogens is 2. The fourth-order valence-electron chi connectivity index (χ4n) is 6.80. The Morgan fingerprint density at radius 1 is 1.09 bits per heavy atom. The van der Waals surface area contributed by atoms with Crippen molar-refractivity contribution in [3.63, 3.8) is 0 Å². The molecule has 10 heteroatoms. The van der Waals surface area contributed by atoms with Crippen LogP contribution in [0.1, 0.15) is 12.8 Å². The van der Waals surface area contributed by atoms with Gasteiger partial charge in [0.1, 0.15) is 17.1 Å². The van der Waals surface area contributed by atoms with E-state index in [-0.39, 0.29) is 33.2 Å². The van der Waals surface area contributed by atoms with E-state index in [1.165, 1.54) is 6.08 Å². The van der Waals surface area contributed by atoms with Gasteiger partial charge in [-0.3, -0.25) is 4.79 Å². The molecular weight excluding hydrogens is 567 g/mol. The Balaban J connectivity index is 1.31. The van der Waals surface area contributed by atoms with Crippen molar-refractivity contribution >= 4 is 50.9 Å². The minimum atomic E-state index is -0.529. The van der Waals surface area contributed by atoms with E-state index in [9.17, 15) is 9.90 Å². The van der Waals surface area contributed by atoms with Crippen LogP contribution in [0.2, 0.25) is 5.02 Å². The van der Waals surface area contributed by atoms with Crippen molar-refractivity contribution < 1.29 is 14.3 Å². The van der Waals surface area contributed by atoms with Crippen LogP contribution in [0.25, 0.3) is 32.8 Å². The van der Waals surface area contributed by atoms with E-state index in [0.29, 0.717) is 28.8 Å². The number of benzene rings is 3. The number of likely N-dealkylation sites (tertiary alicyclic amines) is 1. The first-order valence-electron chi connectivity index (χ1n) is 14.7. The topological polar surface area (TPSA) is 76.0 Å². The molecule has 0 unspecified atom stereocenters. The Kier molecular flexibility index (Phi) is 6.70. The molecule has 1 aromatic heterocycles. The maximum atomic E-state index is 16.8. The molecule has 3 aliphatic heterocycles. The molecule has 0 atom stereocenters. The van der Waals surface area contributed by atoms with Gasteiger partial charge >= 0.3 is 0 Å². The van der Waals surface area contributed by atoms with Crippen LogP contribution in [0.3, 0.4) is 0 Å². The average Bonchev–Trinajstić information content (AvgIpc) is 2.94. The van der Waals surface area contributed by atoms with Crippen LogP contribution in [0, 0.1) is 11.2 Å². The molecule has 4 aromatic rings. The Labute approximate surface area is 255 Å². The maximum Gasteiger partial charge on any atom is 0.245 e. The van der Waals surface area contributed by atoms with E-state index in [4.69, 9.17) is 21.6 Å². The summed E-state index contributed by atoms with van der Waals surface area (Å²) in [5, 5.41) is 12.9. The molecule has 0 aliphatic carbocycles. The first-order valence-corrected chi connectivity index (χ1v) is 15.0. The summed E-state index contributed by atoms with van der Waals surface area (Å²) < 4.78 is 16.8. The molecule has 8 nitrogen and oxygen atoms in total. The molecule has 1 spiro atoms. The van der Waals surface area contributed by atoms with Crippen LogP contribution in [-0.2, 0) is 4.79 Å². The SMILES string of the molecule is C=CC(=O)N1CC2(CCN(c3nc(N4CC(N(C)C)C4)nc4c(F)c(-c5cc(O)cc6ccccc56)c(Cl)cc34)CC2)C1. The quantitative estimate of drug-likeness (QED) is 0.311. The highest BCUT2D eigenvalue weighted by Gasteiger charge is 2.46. The third kappa shape index (κ3) is 4.66. The average molecular weight is 601 g/mol. The third-order valence-electron chi connectivity index (χ3n) is 9.50.